The number of rotatable bonds is 4. The lowest BCUT2D eigenvalue weighted by atomic mass is 10.2. The molecule has 124 valence electrons. The highest BCUT2D eigenvalue weighted by Crippen LogP contribution is 2.24. The van der Waals surface area contributed by atoms with Crippen LogP contribution in [0.4, 0.5) is 4.39 Å². The zero-order valence-electron chi connectivity index (χ0n) is 13.2. The normalized spacial score (nSPS) is 21.9. The molecule has 6 nitrogen and oxygen atoms in total. The molecule has 23 heavy (non-hydrogen) atoms. The highest BCUT2D eigenvalue weighted by Gasteiger charge is 2.37. The van der Waals surface area contributed by atoms with Gasteiger partial charge in [-0.15, -0.1) is 0 Å². The van der Waals surface area contributed by atoms with Crippen molar-refractivity contribution in [2.24, 2.45) is 0 Å². The third kappa shape index (κ3) is 2.82. The number of aromatic nitrogens is 2. The number of carbonyl (C=O) groups excluding carboxylic acids is 1. The highest BCUT2D eigenvalue weighted by atomic mass is 19.1. The summed E-state index contributed by atoms with van der Waals surface area (Å²) in [7, 11) is 1.34. The third-order valence-corrected chi connectivity index (χ3v) is 4.32. The van der Waals surface area contributed by atoms with Crippen LogP contribution in [0.5, 0.6) is 0 Å². The molecule has 1 aliphatic rings. The van der Waals surface area contributed by atoms with Gasteiger partial charge in [-0.25, -0.2) is 9.37 Å². The maximum absolute atomic E-state index is 13.9. The number of ether oxygens (including phenoxy) is 1. The Kier molecular flexibility index (Phi) is 4.32. The topological polar surface area (TPSA) is 67.6 Å². The summed E-state index contributed by atoms with van der Waals surface area (Å²) in [6.45, 7) is 3.34. The number of benzene rings is 1. The Morgan fingerprint density at radius 2 is 2.30 bits per heavy atom. The van der Waals surface area contributed by atoms with Gasteiger partial charge in [0, 0.05) is 19.5 Å². The minimum atomic E-state index is -0.574. The number of aliphatic hydroxyl groups is 1. The molecule has 0 saturated carbocycles. The number of nitrogens with zero attached hydrogens (tertiary/aromatic N) is 3. The summed E-state index contributed by atoms with van der Waals surface area (Å²) < 4.78 is 20.7. The van der Waals surface area contributed by atoms with Crippen LogP contribution in [0, 0.1) is 5.82 Å². The fourth-order valence-corrected chi connectivity index (χ4v) is 3.25. The molecule has 1 aromatic heterocycles. The Morgan fingerprint density at radius 3 is 3.00 bits per heavy atom. The smallest absolute Gasteiger partial charge is 0.323 e. The predicted molar refractivity (Wildman–Crippen MR) is 82.2 cm³/mol. The molecule has 1 aliphatic heterocycles. The van der Waals surface area contributed by atoms with Crippen molar-refractivity contribution in [3.63, 3.8) is 0 Å². The van der Waals surface area contributed by atoms with Gasteiger partial charge in [0.2, 0.25) is 0 Å². The summed E-state index contributed by atoms with van der Waals surface area (Å²) in [5.41, 5.74) is 1.07. The van der Waals surface area contributed by atoms with Gasteiger partial charge in [-0.3, -0.25) is 9.69 Å². The van der Waals surface area contributed by atoms with Crippen LogP contribution in [0.25, 0.3) is 11.0 Å². The molecule has 1 fully saturated rings. The van der Waals surface area contributed by atoms with Gasteiger partial charge in [0.1, 0.15) is 17.4 Å². The summed E-state index contributed by atoms with van der Waals surface area (Å²) in [5, 5.41) is 9.87. The fourth-order valence-electron chi connectivity index (χ4n) is 3.25. The minimum absolute atomic E-state index is 0.332. The molecule has 7 heteroatoms. The number of imidazole rings is 1. The first-order valence-corrected chi connectivity index (χ1v) is 7.68. The lowest BCUT2D eigenvalue weighted by Gasteiger charge is -2.21. The number of para-hydroxylation sites is 1. The van der Waals surface area contributed by atoms with Gasteiger partial charge in [-0.1, -0.05) is 6.07 Å². The SMILES string of the molecule is CCn1c(CN2C[C@@H](O)C[C@@H]2C(=O)OC)nc2c(F)cccc21. The molecule has 0 amide bonds. The van der Waals surface area contributed by atoms with Crippen molar-refractivity contribution in [3.05, 3.63) is 29.8 Å². The van der Waals surface area contributed by atoms with Gasteiger partial charge >= 0.3 is 5.97 Å². The monoisotopic (exact) mass is 321 g/mol. The van der Waals surface area contributed by atoms with Gasteiger partial charge in [0.15, 0.2) is 5.82 Å². The van der Waals surface area contributed by atoms with Crippen molar-refractivity contribution in [3.8, 4) is 0 Å². The summed E-state index contributed by atoms with van der Waals surface area (Å²) in [6.07, 6.45) is -0.233. The number of hydrogen-bond donors (Lipinski definition) is 1. The number of carbonyl (C=O) groups is 1. The number of aliphatic hydroxyl groups excluding tert-OH is 1. The van der Waals surface area contributed by atoms with Crippen molar-refractivity contribution in [2.45, 2.75) is 38.6 Å². The fraction of sp³-hybridized carbons (Fsp3) is 0.500. The van der Waals surface area contributed by atoms with Gasteiger partial charge in [-0.2, -0.15) is 0 Å². The van der Waals surface area contributed by atoms with Crippen molar-refractivity contribution >= 4 is 17.0 Å². The quantitative estimate of drug-likeness (QED) is 0.860. The van der Waals surface area contributed by atoms with E-state index in [1.807, 2.05) is 22.5 Å². The molecular weight excluding hydrogens is 301 g/mol. The Balaban J connectivity index is 1.94. The largest absolute Gasteiger partial charge is 0.468 e. The van der Waals surface area contributed by atoms with E-state index in [2.05, 4.69) is 4.98 Å². The van der Waals surface area contributed by atoms with Crippen molar-refractivity contribution in [1.82, 2.24) is 14.5 Å². The molecular formula is C16H20FN3O3. The first-order valence-electron chi connectivity index (χ1n) is 7.68. The molecule has 0 radical (unpaired) electrons. The number of hydrogen-bond acceptors (Lipinski definition) is 5. The molecule has 1 aromatic carbocycles. The molecule has 2 aromatic rings. The maximum Gasteiger partial charge on any atom is 0.323 e. The van der Waals surface area contributed by atoms with Crippen LogP contribution in [0.15, 0.2) is 18.2 Å². The van der Waals surface area contributed by atoms with Gasteiger partial charge in [0.25, 0.3) is 0 Å². The van der Waals surface area contributed by atoms with E-state index >= 15 is 0 Å². The van der Waals surface area contributed by atoms with Crippen molar-refractivity contribution in [2.75, 3.05) is 13.7 Å². The minimum Gasteiger partial charge on any atom is -0.468 e. The number of esters is 1. The number of halogens is 1. The van der Waals surface area contributed by atoms with Crippen LogP contribution < -0.4 is 0 Å². The van der Waals surface area contributed by atoms with Crippen molar-refractivity contribution < 1.29 is 19.0 Å². The number of aryl methyl sites for hydroxylation is 1. The molecule has 0 aliphatic carbocycles. The Labute approximate surface area is 133 Å². The van der Waals surface area contributed by atoms with E-state index in [1.54, 1.807) is 6.07 Å². The van der Waals surface area contributed by atoms with Gasteiger partial charge < -0.3 is 14.4 Å². The van der Waals surface area contributed by atoms with E-state index in [0.29, 0.717) is 37.4 Å². The first-order chi connectivity index (χ1) is 11.0. The van der Waals surface area contributed by atoms with E-state index in [-0.39, 0.29) is 11.8 Å². The van der Waals surface area contributed by atoms with Gasteiger partial charge in [-0.05, 0) is 19.1 Å². The standard InChI is InChI=1S/C16H20FN3O3/c1-3-20-12-6-4-5-11(17)15(12)18-14(20)9-19-8-10(21)7-13(19)16(22)23-2/h4-6,10,13,21H,3,7-9H2,1-2H3/t10-,13+/m0/s1. The molecule has 2 heterocycles. The van der Waals surface area contributed by atoms with Crippen LogP contribution in [-0.4, -0.2) is 51.3 Å². The molecule has 0 bridgehead atoms. The zero-order valence-corrected chi connectivity index (χ0v) is 13.2. The Morgan fingerprint density at radius 1 is 1.52 bits per heavy atom. The average molecular weight is 321 g/mol. The molecule has 2 atom stereocenters. The van der Waals surface area contributed by atoms with Crippen LogP contribution in [0.2, 0.25) is 0 Å². The van der Waals surface area contributed by atoms with E-state index in [9.17, 15) is 14.3 Å². The second-order valence-electron chi connectivity index (χ2n) is 5.74. The molecule has 0 spiro atoms. The third-order valence-electron chi connectivity index (χ3n) is 4.32. The van der Waals surface area contributed by atoms with Crippen molar-refractivity contribution in [1.29, 1.82) is 0 Å². The summed E-state index contributed by atoms with van der Waals surface area (Å²) in [6, 6.07) is 4.38. The second kappa shape index (κ2) is 6.25. The van der Waals surface area contributed by atoms with E-state index in [0.717, 1.165) is 5.52 Å². The van der Waals surface area contributed by atoms with Crippen LogP contribution in [0.3, 0.4) is 0 Å². The average Bonchev–Trinajstić information content (AvgIpc) is 3.08. The summed E-state index contributed by atoms with van der Waals surface area (Å²) in [5.74, 6) is -0.0515. The predicted octanol–water partition coefficient (Wildman–Crippen LogP) is 1.30. The van der Waals surface area contributed by atoms with Crippen LogP contribution >= 0.6 is 0 Å². The number of fused-ring (bicyclic) bond motifs is 1. The molecule has 3 rings (SSSR count). The maximum atomic E-state index is 13.9. The Hall–Kier alpha value is -1.99. The summed E-state index contributed by atoms with van der Waals surface area (Å²) in [4.78, 5) is 18.1. The second-order valence-corrected chi connectivity index (χ2v) is 5.74. The van der Waals surface area contributed by atoms with Crippen LogP contribution in [-0.2, 0) is 22.6 Å². The number of likely N-dealkylation sites (tertiary alicyclic amines) is 1. The highest BCUT2D eigenvalue weighted by molar-refractivity contribution is 5.77. The molecule has 1 N–H and O–H groups in total. The van der Waals surface area contributed by atoms with Crippen LogP contribution in [0.1, 0.15) is 19.2 Å². The lowest BCUT2D eigenvalue weighted by molar-refractivity contribution is -0.146. The zero-order chi connectivity index (χ0) is 16.6. The van der Waals surface area contributed by atoms with E-state index < -0.39 is 12.1 Å². The Bertz CT molecular complexity index is 731. The summed E-state index contributed by atoms with van der Waals surface area (Å²) >= 11 is 0. The first kappa shape index (κ1) is 15.9. The van der Waals surface area contributed by atoms with Gasteiger partial charge in [0.05, 0.1) is 25.3 Å². The van der Waals surface area contributed by atoms with E-state index in [4.69, 9.17) is 4.74 Å². The molecule has 0 unspecified atom stereocenters. The number of β-amino-alcohol motifs (C(OH)–C–C–N with tert-alkyl or cyclic N) is 1. The number of methoxy groups -OCH3 is 1. The van der Waals surface area contributed by atoms with E-state index in [1.165, 1.54) is 13.2 Å². The molecule has 1 saturated heterocycles. The lowest BCUT2D eigenvalue weighted by Crippen LogP contribution is -2.37.